The average molecular weight is 494 g/mol. The van der Waals surface area contributed by atoms with Gasteiger partial charge in [0.2, 0.25) is 8.32 Å². The van der Waals surface area contributed by atoms with Gasteiger partial charge in [-0.1, -0.05) is 0 Å². The number of phenols is 1. The molecular weight excluding hydrogens is 451 g/mol. The van der Waals surface area contributed by atoms with E-state index in [0.717, 1.165) is 5.75 Å². The van der Waals surface area contributed by atoms with E-state index >= 15 is 0 Å². The summed E-state index contributed by atoms with van der Waals surface area (Å²) in [6, 6.07) is 5.65. The summed E-state index contributed by atoms with van der Waals surface area (Å²) in [4.78, 5) is 0. The zero-order valence-electron chi connectivity index (χ0n) is 20.0. The van der Waals surface area contributed by atoms with Crippen molar-refractivity contribution >= 4 is 20.9 Å². The van der Waals surface area contributed by atoms with Crippen molar-refractivity contribution in [3.63, 3.8) is 0 Å². The first-order chi connectivity index (χ1) is 11.9. The molecule has 1 aromatic carbocycles. The number of rotatable bonds is 5. The minimum Gasteiger partial charge on any atom is -1.00 e. The Morgan fingerprint density at radius 1 is 0.893 bits per heavy atom. The number of hydrogen-bond acceptors (Lipinski definition) is 3. The van der Waals surface area contributed by atoms with Crippen molar-refractivity contribution in [3.05, 3.63) is 18.2 Å². The Balaban J connectivity index is 0.00000729. The zero-order valence-corrected chi connectivity index (χ0v) is 23.5. The molecule has 0 amide bonds. The predicted octanol–water partition coefficient (Wildman–Crippen LogP) is 3.20. The number of benzene rings is 1. The van der Waals surface area contributed by atoms with Crippen LogP contribution < -0.4 is 27.0 Å². The van der Waals surface area contributed by atoms with Crippen LogP contribution in [0.3, 0.4) is 0 Å². The van der Waals surface area contributed by atoms with Gasteiger partial charge in [0, 0.05) is 13.2 Å². The molecule has 0 fully saturated rings. The van der Waals surface area contributed by atoms with Crippen molar-refractivity contribution in [1.29, 1.82) is 0 Å². The highest BCUT2D eigenvalue weighted by Crippen LogP contribution is 2.83. The fourth-order valence-electron chi connectivity index (χ4n) is 5.30. The minimum absolute atomic E-state index is 0. The summed E-state index contributed by atoms with van der Waals surface area (Å²) < 4.78 is 12.1. The van der Waals surface area contributed by atoms with E-state index in [1.54, 1.807) is 13.2 Å². The molecule has 1 rings (SSSR count). The van der Waals surface area contributed by atoms with E-state index in [-0.39, 0.29) is 32.4 Å². The molecule has 0 bridgehead atoms. The van der Waals surface area contributed by atoms with Crippen molar-refractivity contribution in [2.75, 3.05) is 13.3 Å². The van der Waals surface area contributed by atoms with Gasteiger partial charge in [-0.25, -0.2) is 0 Å². The lowest BCUT2D eigenvalue weighted by molar-refractivity contribution is -0.00000890. The van der Waals surface area contributed by atoms with Crippen LogP contribution in [0.5, 0.6) is 11.5 Å². The van der Waals surface area contributed by atoms with Gasteiger partial charge < -0.3 is 31.3 Å². The molecule has 0 atom stereocenters. The molecule has 0 spiro atoms. The molecule has 0 heterocycles. The highest BCUT2D eigenvalue weighted by atomic mass is 79.9. The molecule has 1 aromatic rings. The molecule has 0 radical (unpaired) electrons. The van der Waals surface area contributed by atoms with E-state index in [9.17, 15) is 5.11 Å². The van der Waals surface area contributed by atoms with Crippen LogP contribution in [0.4, 0.5) is 0 Å². The van der Waals surface area contributed by atoms with Crippen molar-refractivity contribution in [3.8, 4) is 11.5 Å². The topological polar surface area (TPSA) is 38.7 Å². The van der Waals surface area contributed by atoms with Crippen LogP contribution in [0.25, 0.3) is 0 Å². The Bertz CT molecular complexity index is 619. The standard InChI is InChI=1S/C22H41O3PSi.BrH/c1-20(2,3)26(21(4,5)6,22(7,8)9)19-15-17(23)13-14-18(19)25-16-27(11,12)24-10;/h13-15H,16H2,1-12H3;1H. The van der Waals surface area contributed by atoms with Gasteiger partial charge >= 0.3 is 0 Å². The van der Waals surface area contributed by atoms with Gasteiger partial charge in [-0.3, -0.25) is 0 Å². The second-order valence-electron chi connectivity index (χ2n) is 11.1. The molecule has 0 saturated carbocycles. The Morgan fingerprint density at radius 2 is 1.32 bits per heavy atom. The summed E-state index contributed by atoms with van der Waals surface area (Å²) in [6.45, 7) is 25.4. The van der Waals surface area contributed by atoms with Crippen LogP contribution in [0, 0.1) is 0 Å². The first-order valence-electron chi connectivity index (χ1n) is 9.81. The van der Waals surface area contributed by atoms with Crippen LogP contribution in [0.15, 0.2) is 18.2 Å². The fraction of sp³-hybridized carbons (Fsp3) is 0.727. The maximum atomic E-state index is 10.4. The van der Waals surface area contributed by atoms with Gasteiger partial charge in [-0.2, -0.15) is 0 Å². The maximum Gasteiger partial charge on any atom is 0.224 e. The average Bonchev–Trinajstić information content (AvgIpc) is 2.42. The van der Waals surface area contributed by atoms with Crippen LogP contribution in [-0.2, 0) is 4.43 Å². The zero-order chi connectivity index (χ0) is 21.5. The van der Waals surface area contributed by atoms with E-state index in [2.05, 4.69) is 75.4 Å². The fourth-order valence-corrected chi connectivity index (χ4v) is 14.9. The second kappa shape index (κ2) is 8.96. The van der Waals surface area contributed by atoms with E-state index in [1.165, 1.54) is 5.30 Å². The summed E-state index contributed by atoms with van der Waals surface area (Å²) in [5.41, 5.74) is 0. The van der Waals surface area contributed by atoms with E-state index in [1.807, 2.05) is 12.1 Å². The molecule has 6 heteroatoms. The number of phenolic OH excluding ortho intramolecular Hbond substituents is 1. The molecule has 1 N–H and O–H groups in total. The molecule has 0 unspecified atom stereocenters. The Labute approximate surface area is 185 Å². The third-order valence-electron chi connectivity index (χ3n) is 5.45. The maximum absolute atomic E-state index is 10.4. The molecule has 0 aliphatic carbocycles. The summed E-state index contributed by atoms with van der Waals surface area (Å²) in [6.07, 6.45) is 0.597. The van der Waals surface area contributed by atoms with Gasteiger partial charge in [-0.05, 0) is 87.5 Å². The molecule has 28 heavy (non-hydrogen) atoms. The third-order valence-corrected chi connectivity index (χ3v) is 14.5. The third kappa shape index (κ3) is 5.33. The van der Waals surface area contributed by atoms with E-state index in [0.29, 0.717) is 12.0 Å². The van der Waals surface area contributed by atoms with Gasteiger partial charge in [0.25, 0.3) is 0 Å². The van der Waals surface area contributed by atoms with Crippen molar-refractivity contribution in [2.24, 2.45) is 0 Å². The summed E-state index contributed by atoms with van der Waals surface area (Å²) >= 11 is 0. The van der Waals surface area contributed by atoms with Crippen LogP contribution >= 0.6 is 7.26 Å². The molecule has 0 saturated heterocycles. The van der Waals surface area contributed by atoms with Crippen molar-refractivity contribution < 1.29 is 31.3 Å². The largest absolute Gasteiger partial charge is 1.00 e. The summed E-state index contributed by atoms with van der Waals surface area (Å²) in [7, 11) is -1.96. The SMILES string of the molecule is CO[Si](C)(C)COc1ccc(O)cc1[P+](C(C)(C)C)(C(C)(C)C)C(C)(C)C.[Br-]. The van der Waals surface area contributed by atoms with E-state index in [4.69, 9.17) is 9.16 Å². The second-order valence-corrected chi connectivity index (χ2v) is 21.2. The number of hydrogen-bond donors (Lipinski definition) is 1. The lowest BCUT2D eigenvalue weighted by Crippen LogP contribution is -3.00. The first kappa shape index (κ1) is 27.9. The molecule has 0 aromatic heterocycles. The lowest BCUT2D eigenvalue weighted by atomic mass is 10.2. The van der Waals surface area contributed by atoms with Gasteiger partial charge in [0.05, 0.1) is 22.7 Å². The number of aromatic hydroxyl groups is 1. The van der Waals surface area contributed by atoms with E-state index < -0.39 is 15.6 Å². The molecule has 0 aliphatic heterocycles. The normalized spacial score (nSPS) is 13.9. The molecule has 164 valence electrons. The predicted molar refractivity (Wildman–Crippen MR) is 124 cm³/mol. The quantitative estimate of drug-likeness (QED) is 0.506. The molecule has 3 nitrogen and oxygen atoms in total. The highest BCUT2D eigenvalue weighted by molar-refractivity contribution is 7.87. The first-order valence-corrected chi connectivity index (χ1v) is 14.7. The Hall–Kier alpha value is -0.0931. The smallest absolute Gasteiger partial charge is 0.224 e. The molecular formula is C22H42BrO3PSi. The van der Waals surface area contributed by atoms with Crippen molar-refractivity contribution in [1.82, 2.24) is 0 Å². The van der Waals surface area contributed by atoms with Gasteiger partial charge in [0.15, 0.2) is 5.75 Å². The summed E-state index contributed by atoms with van der Waals surface area (Å²) in [5.74, 6) is 1.21. The number of ether oxygens (including phenoxy) is 1. The Kier molecular flexibility index (Phi) is 8.93. The Morgan fingerprint density at radius 3 is 1.68 bits per heavy atom. The van der Waals surface area contributed by atoms with Crippen molar-refractivity contribution in [2.45, 2.75) is 90.9 Å². The van der Waals surface area contributed by atoms with Crippen LogP contribution in [0.2, 0.25) is 13.1 Å². The number of halogens is 1. The lowest BCUT2D eigenvalue weighted by Gasteiger charge is -2.54. The minimum atomic E-state index is -1.87. The van der Waals surface area contributed by atoms with Crippen LogP contribution in [0.1, 0.15) is 62.3 Å². The molecule has 0 aliphatic rings. The van der Waals surface area contributed by atoms with Gasteiger partial charge in [-0.15, -0.1) is 0 Å². The van der Waals surface area contributed by atoms with Crippen LogP contribution in [-0.4, -0.2) is 42.2 Å². The highest BCUT2D eigenvalue weighted by Gasteiger charge is 2.67. The summed E-state index contributed by atoms with van der Waals surface area (Å²) in [5, 5.41) is 11.7. The monoisotopic (exact) mass is 492 g/mol. The van der Waals surface area contributed by atoms with Gasteiger partial charge in [0.1, 0.15) is 17.3 Å².